The van der Waals surface area contributed by atoms with E-state index in [0.29, 0.717) is 24.9 Å². The lowest BCUT2D eigenvalue weighted by molar-refractivity contribution is 0.576. The van der Waals surface area contributed by atoms with Crippen LogP contribution in [0.15, 0.2) is 41.3 Å². The van der Waals surface area contributed by atoms with Crippen molar-refractivity contribution in [3.05, 3.63) is 58.9 Å². The number of benzene rings is 2. The molecule has 0 saturated carbocycles. The van der Waals surface area contributed by atoms with Crippen LogP contribution in [-0.4, -0.2) is 15.0 Å². The van der Waals surface area contributed by atoms with Gasteiger partial charge < -0.3 is 0 Å². The molecule has 2 aromatic carbocycles. The van der Waals surface area contributed by atoms with Gasteiger partial charge in [-0.2, -0.15) is 0 Å². The molecule has 0 saturated heterocycles. The van der Waals surface area contributed by atoms with Crippen molar-refractivity contribution >= 4 is 15.7 Å². The predicted molar refractivity (Wildman–Crippen MR) is 85.2 cm³/mol. The lowest BCUT2D eigenvalue weighted by Crippen LogP contribution is -2.36. The number of sulfonamides is 1. The zero-order chi connectivity index (χ0) is 15.9. The van der Waals surface area contributed by atoms with Crippen molar-refractivity contribution in [2.45, 2.75) is 31.6 Å². The van der Waals surface area contributed by atoms with Crippen LogP contribution in [0.25, 0.3) is 0 Å². The Balaban J connectivity index is 2.16. The summed E-state index contributed by atoms with van der Waals surface area (Å²) in [5, 5.41) is 0. The molecular weight excluding hydrogens is 301 g/mol. The van der Waals surface area contributed by atoms with Crippen molar-refractivity contribution in [1.29, 1.82) is 0 Å². The monoisotopic (exact) mass is 319 g/mol. The number of hydrogen-bond acceptors (Lipinski definition) is 2. The van der Waals surface area contributed by atoms with E-state index in [9.17, 15) is 12.8 Å². The van der Waals surface area contributed by atoms with E-state index in [1.54, 1.807) is 31.2 Å². The molecule has 0 N–H and O–H groups in total. The third-order valence-corrected chi connectivity index (χ3v) is 5.98. The van der Waals surface area contributed by atoms with Gasteiger partial charge in [-0.05, 0) is 49.9 Å². The van der Waals surface area contributed by atoms with Crippen molar-refractivity contribution in [1.82, 2.24) is 0 Å². The summed E-state index contributed by atoms with van der Waals surface area (Å²) in [6, 6.07) is 9.94. The van der Waals surface area contributed by atoms with Crippen LogP contribution in [0.2, 0.25) is 0 Å². The largest absolute Gasteiger partial charge is 0.264 e. The fourth-order valence-corrected chi connectivity index (χ4v) is 4.77. The Bertz CT molecular complexity index is 831. The van der Waals surface area contributed by atoms with E-state index in [-0.39, 0.29) is 10.6 Å². The Morgan fingerprint density at radius 2 is 1.91 bits per heavy atom. The molecule has 0 amide bonds. The van der Waals surface area contributed by atoms with Gasteiger partial charge in [-0.15, -0.1) is 0 Å². The van der Waals surface area contributed by atoms with Gasteiger partial charge in [-0.1, -0.05) is 29.8 Å². The Morgan fingerprint density at radius 3 is 2.64 bits per heavy atom. The standard InChI is InChI=1S/C17H18FNO2S/c1-12-8-9-16(13(2)11-12)22(20,21)19-10-4-6-14-5-3-7-15(18)17(14)19/h3,5,7-9,11H,4,6,10H2,1-2H3. The van der Waals surface area contributed by atoms with E-state index in [0.717, 1.165) is 11.1 Å². The van der Waals surface area contributed by atoms with Crippen molar-refractivity contribution in [3.8, 4) is 0 Å². The molecule has 3 rings (SSSR count). The van der Waals surface area contributed by atoms with Crippen molar-refractivity contribution in [2.75, 3.05) is 10.8 Å². The lowest BCUT2D eigenvalue weighted by Gasteiger charge is -2.31. The first-order chi connectivity index (χ1) is 10.4. The third-order valence-electron chi connectivity index (χ3n) is 4.03. The Kier molecular flexibility index (Phi) is 3.68. The number of fused-ring (bicyclic) bond motifs is 1. The molecule has 0 aromatic heterocycles. The van der Waals surface area contributed by atoms with E-state index in [2.05, 4.69) is 0 Å². The molecule has 3 nitrogen and oxygen atoms in total. The molecule has 22 heavy (non-hydrogen) atoms. The molecule has 1 aliphatic heterocycles. The number of para-hydroxylation sites is 1. The predicted octanol–water partition coefficient (Wildman–Crippen LogP) is 3.58. The Labute approximate surface area is 130 Å². The second-order valence-electron chi connectivity index (χ2n) is 5.70. The number of aryl methyl sites for hydroxylation is 3. The molecule has 5 heteroatoms. The summed E-state index contributed by atoms with van der Waals surface area (Å²) in [4.78, 5) is 0.245. The Morgan fingerprint density at radius 1 is 1.14 bits per heavy atom. The van der Waals surface area contributed by atoms with Gasteiger partial charge in [0.15, 0.2) is 0 Å². The minimum atomic E-state index is -3.75. The summed E-state index contributed by atoms with van der Waals surface area (Å²) < 4.78 is 41.4. The summed E-state index contributed by atoms with van der Waals surface area (Å²) in [6.07, 6.45) is 1.40. The summed E-state index contributed by atoms with van der Waals surface area (Å²) in [6.45, 7) is 3.99. The van der Waals surface area contributed by atoms with Crippen LogP contribution in [0, 0.1) is 19.7 Å². The molecule has 0 atom stereocenters. The normalized spacial score (nSPS) is 14.8. The highest BCUT2D eigenvalue weighted by atomic mass is 32.2. The van der Waals surface area contributed by atoms with Crippen molar-refractivity contribution < 1.29 is 12.8 Å². The van der Waals surface area contributed by atoms with Gasteiger partial charge >= 0.3 is 0 Å². The van der Waals surface area contributed by atoms with E-state index < -0.39 is 15.8 Å². The first-order valence-corrected chi connectivity index (χ1v) is 8.72. The average molecular weight is 319 g/mol. The van der Waals surface area contributed by atoms with E-state index in [4.69, 9.17) is 0 Å². The van der Waals surface area contributed by atoms with Gasteiger partial charge in [0.2, 0.25) is 0 Å². The van der Waals surface area contributed by atoms with Crippen LogP contribution in [0.4, 0.5) is 10.1 Å². The highest BCUT2D eigenvalue weighted by Crippen LogP contribution is 2.34. The maximum absolute atomic E-state index is 14.2. The van der Waals surface area contributed by atoms with Gasteiger partial charge in [0.05, 0.1) is 10.6 Å². The fourth-order valence-electron chi connectivity index (χ4n) is 3.01. The molecule has 1 aliphatic rings. The van der Waals surface area contributed by atoms with Gasteiger partial charge in [0.25, 0.3) is 10.0 Å². The zero-order valence-electron chi connectivity index (χ0n) is 12.6. The number of halogens is 1. The first-order valence-electron chi connectivity index (χ1n) is 7.28. The SMILES string of the molecule is Cc1ccc(S(=O)(=O)N2CCCc3cccc(F)c32)c(C)c1. The number of rotatable bonds is 2. The molecule has 0 unspecified atom stereocenters. The smallest absolute Gasteiger partial charge is 0.263 e. The summed E-state index contributed by atoms with van der Waals surface area (Å²) in [5.74, 6) is -0.481. The molecule has 0 aliphatic carbocycles. The zero-order valence-corrected chi connectivity index (χ0v) is 13.5. The fraction of sp³-hybridized carbons (Fsp3) is 0.294. The minimum Gasteiger partial charge on any atom is -0.263 e. The van der Waals surface area contributed by atoms with Gasteiger partial charge in [0, 0.05) is 6.54 Å². The molecule has 0 spiro atoms. The molecule has 116 valence electrons. The van der Waals surface area contributed by atoms with E-state index in [1.807, 2.05) is 13.0 Å². The topological polar surface area (TPSA) is 37.4 Å². The van der Waals surface area contributed by atoms with Crippen LogP contribution < -0.4 is 4.31 Å². The highest BCUT2D eigenvalue weighted by molar-refractivity contribution is 7.92. The minimum absolute atomic E-state index is 0.203. The van der Waals surface area contributed by atoms with Crippen LogP contribution >= 0.6 is 0 Å². The van der Waals surface area contributed by atoms with Crippen LogP contribution in [0.3, 0.4) is 0 Å². The summed E-state index contributed by atoms with van der Waals surface area (Å²) >= 11 is 0. The quantitative estimate of drug-likeness (QED) is 0.848. The maximum Gasteiger partial charge on any atom is 0.264 e. The average Bonchev–Trinajstić information content (AvgIpc) is 2.46. The van der Waals surface area contributed by atoms with Crippen LogP contribution in [0.5, 0.6) is 0 Å². The molecule has 2 aromatic rings. The lowest BCUT2D eigenvalue weighted by atomic mass is 10.0. The molecule has 0 fully saturated rings. The highest BCUT2D eigenvalue weighted by Gasteiger charge is 2.32. The number of anilines is 1. The maximum atomic E-state index is 14.2. The van der Waals surface area contributed by atoms with Crippen molar-refractivity contribution in [2.24, 2.45) is 0 Å². The third kappa shape index (κ3) is 2.39. The van der Waals surface area contributed by atoms with E-state index in [1.165, 1.54) is 10.4 Å². The van der Waals surface area contributed by atoms with Crippen molar-refractivity contribution in [3.63, 3.8) is 0 Å². The number of nitrogens with zero attached hydrogens (tertiary/aromatic N) is 1. The molecule has 1 heterocycles. The number of hydrogen-bond donors (Lipinski definition) is 0. The first kappa shape index (κ1) is 15.0. The van der Waals surface area contributed by atoms with Gasteiger partial charge in [-0.25, -0.2) is 12.8 Å². The second kappa shape index (κ2) is 5.39. The second-order valence-corrected chi connectivity index (χ2v) is 7.53. The molecule has 0 radical (unpaired) electrons. The van der Waals surface area contributed by atoms with E-state index >= 15 is 0 Å². The summed E-state index contributed by atoms with van der Waals surface area (Å²) in [5.41, 5.74) is 2.64. The van der Waals surface area contributed by atoms with Crippen LogP contribution in [0.1, 0.15) is 23.1 Å². The van der Waals surface area contributed by atoms with Gasteiger partial charge in [0.1, 0.15) is 5.82 Å². The van der Waals surface area contributed by atoms with Gasteiger partial charge in [-0.3, -0.25) is 4.31 Å². The molecule has 0 bridgehead atoms. The summed E-state index contributed by atoms with van der Waals surface area (Å²) in [7, 11) is -3.75. The Hall–Kier alpha value is -1.88. The van der Waals surface area contributed by atoms with Crippen LogP contribution in [-0.2, 0) is 16.4 Å². The molecular formula is C17H18FNO2S.